The molecule has 0 radical (unpaired) electrons. The molecule has 30 heavy (non-hydrogen) atoms. The lowest BCUT2D eigenvalue weighted by atomic mass is 10.2. The van der Waals surface area contributed by atoms with Gasteiger partial charge in [-0.3, -0.25) is 4.79 Å². The Morgan fingerprint density at radius 3 is 2.43 bits per heavy atom. The van der Waals surface area contributed by atoms with Crippen LogP contribution < -0.4 is 5.32 Å². The maximum Gasteiger partial charge on any atom is 0.295 e. The highest BCUT2D eigenvalue weighted by molar-refractivity contribution is 6.36. The summed E-state index contributed by atoms with van der Waals surface area (Å²) >= 11 is 18.4. The SMILES string of the molecule is Cc1c(Cl)cccc1-n1nc(C(=O)Nc2ccc(Cl)cc2Cl)nc1-c1ccccc1. The van der Waals surface area contributed by atoms with Crippen LogP contribution in [0.3, 0.4) is 0 Å². The molecule has 1 heterocycles. The summed E-state index contributed by atoms with van der Waals surface area (Å²) in [4.78, 5) is 17.4. The molecule has 0 aliphatic heterocycles. The number of benzene rings is 3. The molecule has 0 aliphatic rings. The zero-order valence-electron chi connectivity index (χ0n) is 15.7. The first kappa shape index (κ1) is 20.4. The molecule has 0 saturated heterocycles. The van der Waals surface area contributed by atoms with Crippen LogP contribution in [-0.2, 0) is 0 Å². The van der Waals surface area contributed by atoms with E-state index in [0.29, 0.717) is 26.6 Å². The van der Waals surface area contributed by atoms with Crippen LogP contribution in [0.15, 0.2) is 66.7 Å². The van der Waals surface area contributed by atoms with Crippen LogP contribution in [0, 0.1) is 6.92 Å². The number of amides is 1. The molecule has 0 bridgehead atoms. The maximum absolute atomic E-state index is 12.9. The van der Waals surface area contributed by atoms with Gasteiger partial charge in [-0.2, -0.15) is 0 Å². The summed E-state index contributed by atoms with van der Waals surface area (Å²) in [5.41, 5.74) is 2.79. The zero-order valence-corrected chi connectivity index (χ0v) is 18.0. The third kappa shape index (κ3) is 4.05. The number of nitrogens with one attached hydrogen (secondary N) is 1. The monoisotopic (exact) mass is 456 g/mol. The van der Waals surface area contributed by atoms with Gasteiger partial charge in [-0.05, 0) is 42.8 Å². The molecule has 0 spiro atoms. The minimum atomic E-state index is -0.491. The van der Waals surface area contributed by atoms with Crippen LogP contribution in [-0.4, -0.2) is 20.7 Å². The molecular weight excluding hydrogens is 443 g/mol. The number of nitrogens with zero attached hydrogens (tertiary/aromatic N) is 3. The number of hydrogen-bond acceptors (Lipinski definition) is 3. The highest BCUT2D eigenvalue weighted by Gasteiger charge is 2.21. The zero-order chi connectivity index (χ0) is 21.3. The van der Waals surface area contributed by atoms with Crippen molar-refractivity contribution in [3.63, 3.8) is 0 Å². The van der Waals surface area contributed by atoms with Crippen molar-refractivity contribution in [2.24, 2.45) is 0 Å². The summed E-state index contributed by atoms with van der Waals surface area (Å²) in [6.45, 7) is 1.89. The minimum Gasteiger partial charge on any atom is -0.318 e. The molecule has 4 rings (SSSR count). The first-order valence-electron chi connectivity index (χ1n) is 8.98. The van der Waals surface area contributed by atoms with Gasteiger partial charge in [0.1, 0.15) is 0 Å². The Bertz CT molecular complexity index is 1240. The molecule has 0 atom stereocenters. The average Bonchev–Trinajstić information content (AvgIpc) is 3.18. The molecule has 0 fully saturated rings. The van der Waals surface area contributed by atoms with Crippen LogP contribution in [0.5, 0.6) is 0 Å². The average molecular weight is 458 g/mol. The lowest BCUT2D eigenvalue weighted by molar-refractivity contribution is 0.101. The topological polar surface area (TPSA) is 59.8 Å². The third-order valence-corrected chi connectivity index (χ3v) is 5.45. The number of halogens is 3. The van der Waals surface area contributed by atoms with Crippen LogP contribution in [0.1, 0.15) is 16.2 Å². The molecule has 5 nitrogen and oxygen atoms in total. The first-order chi connectivity index (χ1) is 14.4. The van der Waals surface area contributed by atoms with Gasteiger partial charge in [-0.25, -0.2) is 9.67 Å². The summed E-state index contributed by atoms with van der Waals surface area (Å²) in [5.74, 6) is 0.0300. The van der Waals surface area contributed by atoms with Crippen LogP contribution >= 0.6 is 34.8 Å². The summed E-state index contributed by atoms with van der Waals surface area (Å²) in [6.07, 6.45) is 0. The molecule has 0 aliphatic carbocycles. The molecular formula is C22H15Cl3N4O. The largest absolute Gasteiger partial charge is 0.318 e. The van der Waals surface area contributed by atoms with Crippen molar-refractivity contribution < 1.29 is 4.79 Å². The Labute approximate surface area is 188 Å². The number of carbonyl (C=O) groups excluding carboxylic acids is 1. The molecule has 1 aromatic heterocycles. The fraction of sp³-hybridized carbons (Fsp3) is 0.0455. The minimum absolute atomic E-state index is 0.000699. The lowest BCUT2D eigenvalue weighted by Crippen LogP contribution is -2.14. The van der Waals surface area contributed by atoms with E-state index in [9.17, 15) is 4.79 Å². The highest BCUT2D eigenvalue weighted by atomic mass is 35.5. The van der Waals surface area contributed by atoms with Gasteiger partial charge in [-0.1, -0.05) is 71.2 Å². The second-order valence-corrected chi connectivity index (χ2v) is 7.75. The fourth-order valence-corrected chi connectivity index (χ4v) is 3.57. The predicted octanol–water partition coefficient (Wildman–Crippen LogP) is 6.46. The Balaban J connectivity index is 1.79. The molecule has 8 heteroatoms. The van der Waals surface area contributed by atoms with E-state index >= 15 is 0 Å². The second kappa shape index (κ2) is 8.48. The molecule has 4 aromatic rings. The summed E-state index contributed by atoms with van der Waals surface area (Å²) in [6, 6.07) is 19.8. The molecule has 1 amide bonds. The molecule has 3 aromatic carbocycles. The number of aromatic nitrogens is 3. The Kier molecular flexibility index (Phi) is 5.77. The molecule has 150 valence electrons. The van der Waals surface area contributed by atoms with E-state index in [1.807, 2.05) is 49.4 Å². The summed E-state index contributed by atoms with van der Waals surface area (Å²) in [7, 11) is 0. The first-order valence-corrected chi connectivity index (χ1v) is 10.1. The van der Waals surface area contributed by atoms with Gasteiger partial charge >= 0.3 is 0 Å². The van der Waals surface area contributed by atoms with Gasteiger partial charge in [0.2, 0.25) is 5.82 Å². The van der Waals surface area contributed by atoms with Crippen LogP contribution in [0.2, 0.25) is 15.1 Å². The Hall–Kier alpha value is -2.86. The van der Waals surface area contributed by atoms with Crippen molar-refractivity contribution in [2.45, 2.75) is 6.92 Å². The van der Waals surface area contributed by atoms with Gasteiger partial charge in [0, 0.05) is 15.6 Å². The normalized spacial score (nSPS) is 10.8. The standard InChI is InChI=1S/C22H15Cl3N4O/c1-13-16(24)8-5-9-19(13)29-21(14-6-3-2-4-7-14)27-20(28-29)22(30)26-18-11-10-15(23)12-17(18)25/h2-12H,1H3,(H,26,30). The van der Waals surface area contributed by atoms with Crippen molar-refractivity contribution in [3.8, 4) is 17.1 Å². The fourth-order valence-electron chi connectivity index (χ4n) is 2.94. The third-order valence-electron chi connectivity index (χ3n) is 4.49. The van der Waals surface area contributed by atoms with Gasteiger partial charge < -0.3 is 5.32 Å². The molecule has 1 N–H and O–H groups in total. The maximum atomic E-state index is 12.9. The van der Waals surface area contributed by atoms with Crippen LogP contribution in [0.4, 0.5) is 5.69 Å². The number of rotatable bonds is 4. The molecule has 0 saturated carbocycles. The van der Waals surface area contributed by atoms with Crippen molar-refractivity contribution >= 4 is 46.4 Å². The Morgan fingerprint density at radius 2 is 1.70 bits per heavy atom. The van der Waals surface area contributed by atoms with E-state index in [1.54, 1.807) is 28.9 Å². The Morgan fingerprint density at radius 1 is 0.933 bits per heavy atom. The van der Waals surface area contributed by atoms with E-state index in [4.69, 9.17) is 34.8 Å². The number of carbonyl (C=O) groups is 1. The number of anilines is 1. The quantitative estimate of drug-likeness (QED) is 0.383. The van der Waals surface area contributed by atoms with Gasteiger partial charge in [0.25, 0.3) is 5.91 Å². The summed E-state index contributed by atoms with van der Waals surface area (Å²) < 4.78 is 1.62. The van der Waals surface area contributed by atoms with E-state index in [0.717, 1.165) is 16.8 Å². The van der Waals surface area contributed by atoms with Crippen LogP contribution in [0.25, 0.3) is 17.1 Å². The van der Waals surface area contributed by atoms with E-state index in [1.165, 1.54) is 0 Å². The van der Waals surface area contributed by atoms with E-state index < -0.39 is 5.91 Å². The number of hydrogen-bond donors (Lipinski definition) is 1. The second-order valence-electron chi connectivity index (χ2n) is 6.50. The highest BCUT2D eigenvalue weighted by Crippen LogP contribution is 2.28. The van der Waals surface area contributed by atoms with Gasteiger partial charge in [0.05, 0.1) is 16.4 Å². The van der Waals surface area contributed by atoms with E-state index in [-0.39, 0.29) is 5.82 Å². The van der Waals surface area contributed by atoms with Gasteiger partial charge in [0.15, 0.2) is 5.82 Å². The van der Waals surface area contributed by atoms with Crippen molar-refractivity contribution in [2.75, 3.05) is 5.32 Å². The predicted molar refractivity (Wildman–Crippen MR) is 121 cm³/mol. The van der Waals surface area contributed by atoms with Crippen molar-refractivity contribution in [1.82, 2.24) is 14.8 Å². The molecule has 0 unspecified atom stereocenters. The lowest BCUT2D eigenvalue weighted by Gasteiger charge is -2.10. The van der Waals surface area contributed by atoms with E-state index in [2.05, 4.69) is 15.4 Å². The van der Waals surface area contributed by atoms with Crippen molar-refractivity contribution in [3.05, 3.63) is 93.2 Å². The van der Waals surface area contributed by atoms with Crippen molar-refractivity contribution in [1.29, 1.82) is 0 Å². The summed E-state index contributed by atoms with van der Waals surface area (Å²) in [5, 5.41) is 8.59. The van der Waals surface area contributed by atoms with Gasteiger partial charge in [-0.15, -0.1) is 5.10 Å². The smallest absolute Gasteiger partial charge is 0.295 e.